The second-order valence-corrected chi connectivity index (χ2v) is 6.54. The molecule has 0 aliphatic rings. The number of anilines is 2. The molecule has 7 heteroatoms. The summed E-state index contributed by atoms with van der Waals surface area (Å²) in [6, 6.07) is 14.9. The second kappa shape index (κ2) is 9.54. The van der Waals surface area contributed by atoms with Gasteiger partial charge >= 0.3 is 0 Å². The van der Waals surface area contributed by atoms with Crippen LogP contribution in [-0.4, -0.2) is 29.5 Å². The molecule has 0 saturated heterocycles. The molecule has 0 atom stereocenters. The predicted octanol–water partition coefficient (Wildman–Crippen LogP) is 3.28. The highest BCUT2D eigenvalue weighted by Gasteiger charge is 2.10. The first-order valence-corrected chi connectivity index (χ1v) is 9.31. The first-order valence-electron chi connectivity index (χ1n) is 9.31. The molecular weight excluding hydrogens is 368 g/mol. The first kappa shape index (κ1) is 20.1. The number of methoxy groups -OCH3 is 1. The number of nitrogen functional groups attached to an aromatic ring is 2. The van der Waals surface area contributed by atoms with E-state index < -0.39 is 0 Å². The van der Waals surface area contributed by atoms with Gasteiger partial charge in [0, 0.05) is 30.2 Å². The van der Waals surface area contributed by atoms with Crippen LogP contribution in [0.5, 0.6) is 11.5 Å². The van der Waals surface area contributed by atoms with E-state index in [2.05, 4.69) is 9.97 Å². The summed E-state index contributed by atoms with van der Waals surface area (Å²) in [4.78, 5) is 20.1. The van der Waals surface area contributed by atoms with E-state index in [0.717, 1.165) is 16.7 Å². The molecule has 3 rings (SSSR count). The molecule has 0 aliphatic carbocycles. The summed E-state index contributed by atoms with van der Waals surface area (Å²) in [6.45, 7) is 0.424. The lowest BCUT2D eigenvalue weighted by Crippen LogP contribution is -2.05. The maximum Gasteiger partial charge on any atom is 0.221 e. The number of nitrogens with two attached hydrogens (primary N) is 2. The van der Waals surface area contributed by atoms with Gasteiger partial charge in [-0.1, -0.05) is 36.4 Å². The average molecular weight is 392 g/mol. The Morgan fingerprint density at radius 1 is 1.07 bits per heavy atom. The smallest absolute Gasteiger partial charge is 0.221 e. The van der Waals surface area contributed by atoms with E-state index in [0.29, 0.717) is 43.2 Å². The number of aromatic nitrogens is 2. The molecule has 29 heavy (non-hydrogen) atoms. The molecule has 7 nitrogen and oxygen atoms in total. The quantitative estimate of drug-likeness (QED) is 0.424. The van der Waals surface area contributed by atoms with Gasteiger partial charge < -0.3 is 20.9 Å². The molecule has 0 saturated carbocycles. The molecule has 0 unspecified atom stereocenters. The fourth-order valence-corrected chi connectivity index (χ4v) is 2.91. The highest BCUT2D eigenvalue weighted by Crippen LogP contribution is 2.29. The number of carbonyl (C=O) groups excluding carboxylic acids is 1. The van der Waals surface area contributed by atoms with Gasteiger partial charge in [-0.2, -0.15) is 4.98 Å². The summed E-state index contributed by atoms with van der Waals surface area (Å²) in [5.41, 5.74) is 13.9. The Kier molecular flexibility index (Phi) is 6.63. The molecule has 2 aromatic carbocycles. The zero-order valence-corrected chi connectivity index (χ0v) is 16.3. The van der Waals surface area contributed by atoms with Crippen molar-refractivity contribution in [2.75, 3.05) is 25.2 Å². The molecule has 0 bridgehead atoms. The fraction of sp³-hybridized carbons (Fsp3) is 0.227. The van der Waals surface area contributed by atoms with Gasteiger partial charge in [-0.05, 0) is 24.1 Å². The Labute approximate surface area is 169 Å². The number of rotatable bonds is 9. The molecule has 0 radical (unpaired) electrons. The fourth-order valence-electron chi connectivity index (χ4n) is 2.91. The Bertz CT molecular complexity index is 977. The lowest BCUT2D eigenvalue weighted by Gasteiger charge is -2.12. The molecule has 4 N–H and O–H groups in total. The van der Waals surface area contributed by atoms with Crippen LogP contribution in [0.25, 0.3) is 0 Å². The Morgan fingerprint density at radius 2 is 1.86 bits per heavy atom. The van der Waals surface area contributed by atoms with Crippen LogP contribution in [0.2, 0.25) is 0 Å². The van der Waals surface area contributed by atoms with Gasteiger partial charge in [-0.15, -0.1) is 0 Å². The minimum absolute atomic E-state index is 0.111. The van der Waals surface area contributed by atoms with Crippen molar-refractivity contribution in [1.82, 2.24) is 9.97 Å². The van der Waals surface area contributed by atoms with Gasteiger partial charge in [-0.3, -0.25) is 4.79 Å². The van der Waals surface area contributed by atoms with Crippen molar-refractivity contribution in [1.29, 1.82) is 0 Å². The van der Waals surface area contributed by atoms with Crippen LogP contribution in [0, 0.1) is 0 Å². The van der Waals surface area contributed by atoms with Crippen LogP contribution in [0.4, 0.5) is 11.8 Å². The maximum atomic E-state index is 12.1. The van der Waals surface area contributed by atoms with Crippen LogP contribution in [-0.2, 0) is 6.42 Å². The topological polar surface area (TPSA) is 113 Å². The van der Waals surface area contributed by atoms with E-state index in [-0.39, 0.29) is 11.7 Å². The Balaban J connectivity index is 1.57. The van der Waals surface area contributed by atoms with E-state index in [1.807, 2.05) is 48.5 Å². The molecule has 150 valence electrons. The summed E-state index contributed by atoms with van der Waals surface area (Å²) in [5, 5.41) is 0. The van der Waals surface area contributed by atoms with Crippen LogP contribution >= 0.6 is 0 Å². The maximum absolute atomic E-state index is 12.1. The minimum Gasteiger partial charge on any atom is -0.493 e. The van der Waals surface area contributed by atoms with Gasteiger partial charge in [0.15, 0.2) is 17.3 Å². The Hall–Kier alpha value is -3.61. The summed E-state index contributed by atoms with van der Waals surface area (Å²) >= 11 is 0. The van der Waals surface area contributed by atoms with E-state index >= 15 is 0 Å². The lowest BCUT2D eigenvalue weighted by atomic mass is 10.1. The summed E-state index contributed by atoms with van der Waals surface area (Å²) in [6.07, 6.45) is 3.23. The number of ketones is 1. The predicted molar refractivity (Wildman–Crippen MR) is 112 cm³/mol. The van der Waals surface area contributed by atoms with E-state index in [1.165, 1.54) is 0 Å². The van der Waals surface area contributed by atoms with Crippen molar-refractivity contribution in [2.24, 2.45) is 0 Å². The number of carbonyl (C=O) groups is 1. The van der Waals surface area contributed by atoms with E-state index in [4.69, 9.17) is 20.9 Å². The molecule has 0 fully saturated rings. The van der Waals surface area contributed by atoms with Crippen molar-refractivity contribution in [2.45, 2.75) is 19.3 Å². The Morgan fingerprint density at radius 3 is 2.59 bits per heavy atom. The molecule has 0 spiro atoms. The lowest BCUT2D eigenvalue weighted by molar-refractivity contribution is 0.0973. The number of ether oxygens (including phenoxy) is 2. The van der Waals surface area contributed by atoms with Crippen molar-refractivity contribution >= 4 is 17.5 Å². The highest BCUT2D eigenvalue weighted by atomic mass is 16.5. The van der Waals surface area contributed by atoms with Crippen LogP contribution in [0.3, 0.4) is 0 Å². The highest BCUT2D eigenvalue weighted by molar-refractivity contribution is 5.95. The molecule has 3 aromatic rings. The van der Waals surface area contributed by atoms with Crippen molar-refractivity contribution < 1.29 is 14.3 Å². The van der Waals surface area contributed by atoms with Gasteiger partial charge in [0.05, 0.1) is 13.7 Å². The summed E-state index contributed by atoms with van der Waals surface area (Å²) in [7, 11) is 1.59. The summed E-state index contributed by atoms with van der Waals surface area (Å²) in [5.74, 6) is 1.87. The van der Waals surface area contributed by atoms with Crippen LogP contribution in [0.1, 0.15) is 34.3 Å². The molecule has 1 aromatic heterocycles. The zero-order chi connectivity index (χ0) is 20.6. The van der Waals surface area contributed by atoms with Crippen LogP contribution in [0.15, 0.2) is 54.7 Å². The van der Waals surface area contributed by atoms with Gasteiger partial charge in [0.25, 0.3) is 0 Å². The third kappa shape index (κ3) is 5.44. The van der Waals surface area contributed by atoms with Crippen molar-refractivity contribution in [3.05, 3.63) is 71.4 Å². The van der Waals surface area contributed by atoms with E-state index in [9.17, 15) is 4.79 Å². The third-order valence-corrected chi connectivity index (χ3v) is 4.44. The number of hydrogen-bond acceptors (Lipinski definition) is 7. The van der Waals surface area contributed by atoms with Crippen molar-refractivity contribution in [3.63, 3.8) is 0 Å². The van der Waals surface area contributed by atoms with Crippen LogP contribution < -0.4 is 20.9 Å². The number of benzene rings is 2. The molecule has 1 heterocycles. The monoisotopic (exact) mass is 392 g/mol. The molecule has 0 amide bonds. The third-order valence-electron chi connectivity index (χ3n) is 4.44. The number of nitrogens with zero attached hydrogens (tertiary/aromatic N) is 2. The number of Topliss-reactive ketones (excluding diaryl/α,β-unsaturated/α-hetero) is 1. The van der Waals surface area contributed by atoms with Gasteiger partial charge in [0.2, 0.25) is 5.95 Å². The minimum atomic E-state index is 0.111. The number of hydrogen-bond donors (Lipinski definition) is 2. The molecular formula is C22H24N4O3. The van der Waals surface area contributed by atoms with E-state index in [1.54, 1.807) is 13.3 Å². The average Bonchev–Trinajstić information content (AvgIpc) is 2.74. The zero-order valence-electron chi connectivity index (χ0n) is 16.3. The molecule has 0 aliphatic heterocycles. The van der Waals surface area contributed by atoms with Crippen molar-refractivity contribution in [3.8, 4) is 11.5 Å². The summed E-state index contributed by atoms with van der Waals surface area (Å²) < 4.78 is 11.3. The largest absolute Gasteiger partial charge is 0.493 e. The SMILES string of the molecule is COc1cc(Cc2cnc(N)nc2N)ccc1OCCCC(=O)c1ccccc1. The van der Waals surface area contributed by atoms with Gasteiger partial charge in [-0.25, -0.2) is 4.98 Å². The standard InChI is InChI=1S/C22H24N4O3/c1-28-20-13-15(12-17-14-25-22(24)26-21(17)23)9-10-19(20)29-11-5-8-18(27)16-6-3-2-4-7-16/h2-4,6-7,9-10,13-14H,5,8,11-12H2,1H3,(H4,23,24,25,26). The normalized spacial score (nSPS) is 10.5. The van der Waals surface area contributed by atoms with Gasteiger partial charge in [0.1, 0.15) is 5.82 Å². The second-order valence-electron chi connectivity index (χ2n) is 6.54. The first-order chi connectivity index (χ1) is 14.1.